The second kappa shape index (κ2) is 4.88. The van der Waals surface area contributed by atoms with Gasteiger partial charge in [0.25, 0.3) is 0 Å². The van der Waals surface area contributed by atoms with Crippen LogP contribution >= 0.6 is 11.8 Å². The van der Waals surface area contributed by atoms with Crippen molar-refractivity contribution >= 4 is 23.7 Å². The Labute approximate surface area is 101 Å². The number of nitrogens with zero attached hydrogens (tertiary/aromatic N) is 2. The Hall–Kier alpha value is -2.02. The quantitative estimate of drug-likeness (QED) is 0.706. The van der Waals surface area contributed by atoms with Crippen LogP contribution in [0.4, 0.5) is 5.95 Å². The lowest BCUT2D eigenvalue weighted by molar-refractivity contribution is -0.136. The highest BCUT2D eigenvalue weighted by atomic mass is 32.2. The molecule has 6 nitrogen and oxygen atoms in total. The van der Waals surface area contributed by atoms with Crippen molar-refractivity contribution in [1.82, 2.24) is 15.2 Å². The number of H-pyrrole nitrogens is 1. The topological polar surface area (TPSA) is 105 Å². The summed E-state index contributed by atoms with van der Waals surface area (Å²) in [6, 6.07) is 8.91. The molecule has 0 saturated carbocycles. The van der Waals surface area contributed by atoms with E-state index in [1.54, 1.807) is 24.3 Å². The molecule has 7 heteroatoms. The van der Waals surface area contributed by atoms with E-state index < -0.39 is 11.2 Å². The molecule has 1 aromatic heterocycles. The number of thioether (sulfide) groups is 1. The third-order valence-electron chi connectivity index (χ3n) is 2.03. The minimum Gasteiger partial charge on any atom is -0.480 e. The minimum absolute atomic E-state index is 0.171. The number of hydrogen-bond donors (Lipinski definition) is 3. The smallest absolute Gasteiger partial charge is 0.321 e. The van der Waals surface area contributed by atoms with Gasteiger partial charge >= 0.3 is 5.97 Å². The first-order valence-corrected chi connectivity index (χ1v) is 5.67. The molecule has 17 heavy (non-hydrogen) atoms. The molecule has 0 saturated heterocycles. The number of carboxylic acids is 1. The number of carboxylic acid groups (broad SMARTS) is 1. The van der Waals surface area contributed by atoms with E-state index in [9.17, 15) is 9.90 Å². The predicted octanol–water partition coefficient (Wildman–Crippen LogP) is 1.30. The van der Waals surface area contributed by atoms with Crippen LogP contribution < -0.4 is 5.73 Å². The van der Waals surface area contributed by atoms with E-state index in [1.807, 2.05) is 6.07 Å². The van der Waals surface area contributed by atoms with Crippen molar-refractivity contribution in [3.63, 3.8) is 0 Å². The van der Waals surface area contributed by atoms with Crippen molar-refractivity contribution in [3.05, 3.63) is 35.9 Å². The summed E-state index contributed by atoms with van der Waals surface area (Å²) in [5, 5.41) is 15.0. The molecule has 4 N–H and O–H groups in total. The van der Waals surface area contributed by atoms with Gasteiger partial charge in [0.15, 0.2) is 0 Å². The normalized spacial score (nSPS) is 12.2. The van der Waals surface area contributed by atoms with Crippen LogP contribution in [0.1, 0.15) is 10.8 Å². The van der Waals surface area contributed by atoms with Gasteiger partial charge in [-0.15, -0.1) is 5.10 Å². The van der Waals surface area contributed by atoms with Crippen LogP contribution in [0.3, 0.4) is 0 Å². The zero-order chi connectivity index (χ0) is 12.3. The van der Waals surface area contributed by atoms with Gasteiger partial charge < -0.3 is 10.8 Å². The molecule has 0 amide bonds. The van der Waals surface area contributed by atoms with Crippen LogP contribution in [0.25, 0.3) is 0 Å². The SMILES string of the molecule is Nc1nc(SC(C(=O)O)c2ccccc2)n[nH]1. The molecule has 2 rings (SSSR count). The predicted molar refractivity (Wildman–Crippen MR) is 63.5 cm³/mol. The summed E-state index contributed by atoms with van der Waals surface area (Å²) in [6.45, 7) is 0. The lowest BCUT2D eigenvalue weighted by Gasteiger charge is -2.09. The van der Waals surface area contributed by atoms with Gasteiger partial charge in [0.2, 0.25) is 11.1 Å². The van der Waals surface area contributed by atoms with Gasteiger partial charge in [0.1, 0.15) is 5.25 Å². The minimum atomic E-state index is -0.940. The number of rotatable bonds is 4. The fourth-order valence-corrected chi connectivity index (χ4v) is 2.16. The van der Waals surface area contributed by atoms with Crippen molar-refractivity contribution in [3.8, 4) is 0 Å². The number of nitrogens with two attached hydrogens (primary N) is 1. The van der Waals surface area contributed by atoms with Crippen molar-refractivity contribution in [2.75, 3.05) is 5.73 Å². The lowest BCUT2D eigenvalue weighted by Crippen LogP contribution is -2.08. The van der Waals surface area contributed by atoms with Crippen LogP contribution in [-0.2, 0) is 4.79 Å². The second-order valence-corrected chi connectivity index (χ2v) is 4.32. The molecule has 0 bridgehead atoms. The molecule has 0 aliphatic carbocycles. The maximum absolute atomic E-state index is 11.2. The highest BCUT2D eigenvalue weighted by Crippen LogP contribution is 2.33. The van der Waals surface area contributed by atoms with E-state index in [0.29, 0.717) is 10.7 Å². The average molecular weight is 250 g/mol. The number of anilines is 1. The molecule has 88 valence electrons. The number of aliphatic carboxylic acids is 1. The van der Waals surface area contributed by atoms with Gasteiger partial charge in [0, 0.05) is 0 Å². The van der Waals surface area contributed by atoms with Gasteiger partial charge in [-0.25, -0.2) is 5.10 Å². The molecule has 2 aromatic rings. The maximum Gasteiger partial charge on any atom is 0.321 e. The molecular formula is C10H10N4O2S. The molecule has 0 aliphatic heterocycles. The molecule has 1 aromatic carbocycles. The number of hydrogen-bond acceptors (Lipinski definition) is 5. The third kappa shape index (κ3) is 2.76. The molecule has 1 unspecified atom stereocenters. The summed E-state index contributed by atoms with van der Waals surface area (Å²) in [6.07, 6.45) is 0. The van der Waals surface area contributed by atoms with E-state index in [0.717, 1.165) is 11.8 Å². The standard InChI is InChI=1S/C10H10N4O2S/c11-9-12-10(14-13-9)17-7(8(15)16)6-4-2-1-3-5-6/h1-5,7H,(H,15,16)(H3,11,12,13,14). The van der Waals surface area contributed by atoms with Crippen LogP contribution in [0.15, 0.2) is 35.5 Å². The number of benzene rings is 1. The van der Waals surface area contributed by atoms with Crippen LogP contribution in [-0.4, -0.2) is 26.3 Å². The van der Waals surface area contributed by atoms with Crippen LogP contribution in [0.2, 0.25) is 0 Å². The van der Waals surface area contributed by atoms with Gasteiger partial charge in [0.05, 0.1) is 0 Å². The molecule has 0 radical (unpaired) electrons. The Kier molecular flexibility index (Phi) is 3.29. The van der Waals surface area contributed by atoms with Crippen molar-refractivity contribution in [2.45, 2.75) is 10.4 Å². The van der Waals surface area contributed by atoms with Gasteiger partial charge in [-0.3, -0.25) is 4.79 Å². The number of aromatic nitrogens is 3. The first-order valence-electron chi connectivity index (χ1n) is 4.79. The Morgan fingerprint density at radius 1 is 1.41 bits per heavy atom. The van der Waals surface area contributed by atoms with E-state index >= 15 is 0 Å². The lowest BCUT2D eigenvalue weighted by atomic mass is 10.1. The molecule has 0 spiro atoms. The summed E-state index contributed by atoms with van der Waals surface area (Å²) >= 11 is 1.04. The molecular weight excluding hydrogens is 240 g/mol. The highest BCUT2D eigenvalue weighted by molar-refractivity contribution is 8.00. The van der Waals surface area contributed by atoms with Crippen molar-refractivity contribution in [1.29, 1.82) is 0 Å². The molecule has 1 heterocycles. The van der Waals surface area contributed by atoms with Crippen LogP contribution in [0.5, 0.6) is 0 Å². The monoisotopic (exact) mass is 250 g/mol. The fraction of sp³-hybridized carbons (Fsp3) is 0.100. The molecule has 0 aliphatic rings. The van der Waals surface area contributed by atoms with Gasteiger partial charge in [-0.2, -0.15) is 4.98 Å². The first kappa shape index (κ1) is 11.5. The number of nitrogens with one attached hydrogen (secondary N) is 1. The summed E-state index contributed by atoms with van der Waals surface area (Å²) in [7, 11) is 0. The number of nitrogen functional groups attached to an aromatic ring is 1. The van der Waals surface area contributed by atoms with E-state index in [1.165, 1.54) is 0 Å². The zero-order valence-corrected chi connectivity index (χ0v) is 9.52. The van der Waals surface area contributed by atoms with Gasteiger partial charge in [-0.1, -0.05) is 42.1 Å². The summed E-state index contributed by atoms with van der Waals surface area (Å²) in [5.74, 6) is -0.769. The number of carbonyl (C=O) groups is 1. The van der Waals surface area contributed by atoms with E-state index in [2.05, 4.69) is 15.2 Å². The summed E-state index contributed by atoms with van der Waals surface area (Å²) in [5.41, 5.74) is 6.07. The summed E-state index contributed by atoms with van der Waals surface area (Å²) < 4.78 is 0. The largest absolute Gasteiger partial charge is 0.480 e. The fourth-order valence-electron chi connectivity index (χ4n) is 1.31. The van der Waals surface area contributed by atoms with Gasteiger partial charge in [-0.05, 0) is 5.56 Å². The molecule has 1 atom stereocenters. The van der Waals surface area contributed by atoms with E-state index in [4.69, 9.17) is 5.73 Å². The highest BCUT2D eigenvalue weighted by Gasteiger charge is 2.22. The maximum atomic E-state index is 11.2. The zero-order valence-electron chi connectivity index (χ0n) is 8.70. The summed E-state index contributed by atoms with van der Waals surface area (Å²) in [4.78, 5) is 15.1. The number of aromatic amines is 1. The second-order valence-electron chi connectivity index (χ2n) is 3.25. The first-order chi connectivity index (χ1) is 8.16. The molecule has 0 fully saturated rings. The third-order valence-corrected chi connectivity index (χ3v) is 3.13. The average Bonchev–Trinajstić information content (AvgIpc) is 2.73. The van der Waals surface area contributed by atoms with Crippen molar-refractivity contribution in [2.24, 2.45) is 0 Å². The van der Waals surface area contributed by atoms with Crippen LogP contribution in [0, 0.1) is 0 Å². The van der Waals surface area contributed by atoms with Crippen molar-refractivity contribution < 1.29 is 9.90 Å². The Morgan fingerprint density at radius 2 is 2.12 bits per heavy atom. The Bertz CT molecular complexity index is 514. The Morgan fingerprint density at radius 3 is 2.65 bits per heavy atom. The van der Waals surface area contributed by atoms with E-state index in [-0.39, 0.29) is 5.95 Å². The Balaban J connectivity index is 2.22.